The van der Waals surface area contributed by atoms with Gasteiger partial charge >= 0.3 is 0 Å². The fraction of sp³-hybridized carbons (Fsp3) is 0.235. The van der Waals surface area contributed by atoms with Crippen molar-refractivity contribution in [2.45, 2.75) is 32.2 Å². The van der Waals surface area contributed by atoms with Crippen molar-refractivity contribution in [3.05, 3.63) is 99.6 Å². The lowest BCUT2D eigenvalue weighted by Crippen LogP contribution is -2.45. The Bertz CT molecular complexity index is 1990. The predicted molar refractivity (Wildman–Crippen MR) is 169 cm³/mol. The predicted octanol–water partition coefficient (Wildman–Crippen LogP) is 3.61. The number of nitrogens with one attached hydrogen (secondary N) is 1. The molecule has 0 spiro atoms. The molecule has 222 valence electrons. The van der Waals surface area contributed by atoms with Crippen LogP contribution < -0.4 is 22.9 Å². The fourth-order valence-electron chi connectivity index (χ4n) is 6.95. The summed E-state index contributed by atoms with van der Waals surface area (Å²) < 4.78 is 0. The molecule has 2 aromatic carbocycles. The van der Waals surface area contributed by atoms with Gasteiger partial charge in [0, 0.05) is 28.2 Å². The van der Waals surface area contributed by atoms with Crippen LogP contribution in [0.3, 0.4) is 0 Å². The molecule has 4 aliphatic rings. The summed E-state index contributed by atoms with van der Waals surface area (Å²) in [6.45, 7) is 2.04. The summed E-state index contributed by atoms with van der Waals surface area (Å²) >= 11 is 0. The van der Waals surface area contributed by atoms with Crippen LogP contribution in [0.5, 0.6) is 5.75 Å². The van der Waals surface area contributed by atoms with E-state index < -0.39 is 11.8 Å². The first-order valence-corrected chi connectivity index (χ1v) is 14.7. The molecule has 4 unspecified atom stereocenters. The molecule has 0 radical (unpaired) electrons. The minimum absolute atomic E-state index is 0.0115. The average Bonchev–Trinajstić information content (AvgIpc) is 3.51. The number of carbonyl (C=O) groups excluding carboxylic acids is 3. The number of aromatic hydroxyl groups is 1. The number of hydrogen-bond acceptors (Lipinski definition) is 9. The molecule has 0 bridgehead atoms. The number of aryl methyl sites for hydroxylation is 1. The van der Waals surface area contributed by atoms with Crippen molar-refractivity contribution in [3.63, 3.8) is 0 Å². The number of aromatic amines is 1. The first kappa shape index (κ1) is 27.5. The number of allylic oxidation sites excluding steroid dienone is 6. The van der Waals surface area contributed by atoms with Gasteiger partial charge in [0.25, 0.3) is 0 Å². The Kier molecular flexibility index (Phi) is 6.14. The van der Waals surface area contributed by atoms with Gasteiger partial charge in [-0.15, -0.1) is 0 Å². The maximum atomic E-state index is 13.6. The second-order valence-electron chi connectivity index (χ2n) is 11.8. The van der Waals surface area contributed by atoms with Crippen LogP contribution in [0.4, 0.5) is 11.4 Å². The number of Topliss-reactive ketones (excluding diaryl/α,β-unsaturated/α-hetero) is 3. The molecule has 2 heterocycles. The SMILES string of the molecule is CCC1=CC2C(=O)C(c3[nH]c4cc(CCC5=C(N)C6C(=O)c7c(N)ccc(N)c7C(=O)C6C(N)=C5)ccc4c3O)=NC2C=C1. The lowest BCUT2D eigenvalue weighted by atomic mass is 9.67. The zero-order valence-corrected chi connectivity index (χ0v) is 24.1. The van der Waals surface area contributed by atoms with Crippen molar-refractivity contribution in [1.29, 1.82) is 0 Å². The Morgan fingerprint density at radius 2 is 1.61 bits per heavy atom. The van der Waals surface area contributed by atoms with E-state index in [1.54, 1.807) is 12.1 Å². The Balaban J connectivity index is 1.16. The second kappa shape index (κ2) is 9.84. The van der Waals surface area contributed by atoms with Crippen LogP contribution in [0.1, 0.15) is 51.7 Å². The summed E-state index contributed by atoms with van der Waals surface area (Å²) in [6.07, 6.45) is 9.42. The fourth-order valence-corrected chi connectivity index (χ4v) is 6.95. The van der Waals surface area contributed by atoms with Gasteiger partial charge < -0.3 is 33.0 Å². The molecular formula is C34H32N6O4. The number of benzene rings is 2. The third-order valence-corrected chi connectivity index (χ3v) is 9.31. The van der Waals surface area contributed by atoms with Gasteiger partial charge in [-0.1, -0.05) is 36.8 Å². The average molecular weight is 589 g/mol. The number of aromatic nitrogens is 1. The van der Waals surface area contributed by atoms with E-state index in [0.717, 1.165) is 17.6 Å². The highest BCUT2D eigenvalue weighted by molar-refractivity contribution is 6.49. The topological polar surface area (TPSA) is 204 Å². The van der Waals surface area contributed by atoms with Crippen molar-refractivity contribution < 1.29 is 19.5 Å². The third-order valence-electron chi connectivity index (χ3n) is 9.31. The highest BCUT2D eigenvalue weighted by Gasteiger charge is 2.48. The summed E-state index contributed by atoms with van der Waals surface area (Å²) in [7, 11) is 0. The molecule has 0 saturated carbocycles. The summed E-state index contributed by atoms with van der Waals surface area (Å²) in [6, 6.07) is 8.36. The maximum Gasteiger partial charge on any atom is 0.192 e. The Labute approximate surface area is 252 Å². The van der Waals surface area contributed by atoms with Crippen LogP contribution in [0, 0.1) is 17.8 Å². The number of hydrogen-bond donors (Lipinski definition) is 6. The summed E-state index contributed by atoms with van der Waals surface area (Å²) in [4.78, 5) is 48.1. The Morgan fingerprint density at radius 1 is 0.909 bits per heavy atom. The van der Waals surface area contributed by atoms with Gasteiger partial charge in [-0.25, -0.2) is 0 Å². The zero-order chi connectivity index (χ0) is 31.0. The van der Waals surface area contributed by atoms with E-state index in [9.17, 15) is 19.5 Å². The number of H-pyrrole nitrogens is 1. The molecule has 1 aromatic heterocycles. The van der Waals surface area contributed by atoms with E-state index in [-0.39, 0.29) is 69.0 Å². The minimum Gasteiger partial charge on any atom is -0.505 e. The Hall–Kier alpha value is -5.38. The third kappa shape index (κ3) is 3.94. The van der Waals surface area contributed by atoms with Gasteiger partial charge in [-0.2, -0.15) is 0 Å². The monoisotopic (exact) mass is 588 g/mol. The number of nitrogens with two attached hydrogens (primary N) is 4. The van der Waals surface area contributed by atoms with Crippen molar-refractivity contribution in [2.75, 3.05) is 11.5 Å². The van der Waals surface area contributed by atoms with E-state index in [0.29, 0.717) is 40.7 Å². The van der Waals surface area contributed by atoms with Gasteiger partial charge in [0.05, 0.1) is 40.4 Å². The number of anilines is 2. The lowest BCUT2D eigenvalue weighted by molar-refractivity contribution is -0.114. The zero-order valence-electron chi connectivity index (χ0n) is 24.1. The molecule has 44 heavy (non-hydrogen) atoms. The summed E-state index contributed by atoms with van der Waals surface area (Å²) in [5.74, 6) is -3.08. The van der Waals surface area contributed by atoms with Crippen molar-refractivity contribution in [2.24, 2.45) is 34.2 Å². The van der Waals surface area contributed by atoms with E-state index >= 15 is 0 Å². The quantitative estimate of drug-likeness (QED) is 0.242. The van der Waals surface area contributed by atoms with E-state index in [4.69, 9.17) is 22.9 Å². The standard InChI is InChI=1S/C34H32N6O4/c1-2-14-5-10-22-18(11-14)32(42)30(39-22)29-31(41)17-7-4-15(12-23(17)40-29)3-6-16-13-21(37)26-27(28(16)38)34(44)25-20(36)9-8-19(35)24(25)33(26)43/h4-5,7-13,18,22,26-27,40-41H,2-3,6,35-38H2,1H3. The number of nitrogens with zero attached hydrogens (tertiary/aromatic N) is 1. The number of fused-ring (bicyclic) bond motifs is 4. The van der Waals surface area contributed by atoms with Gasteiger partial charge in [0.1, 0.15) is 11.4 Å². The number of carbonyl (C=O) groups is 3. The molecule has 7 rings (SSSR count). The van der Waals surface area contributed by atoms with Gasteiger partial charge in [0.2, 0.25) is 0 Å². The number of aliphatic imine (C=N–C) groups is 1. The van der Waals surface area contributed by atoms with Crippen molar-refractivity contribution in [1.82, 2.24) is 4.98 Å². The molecule has 1 aliphatic heterocycles. The summed E-state index contributed by atoms with van der Waals surface area (Å²) in [5.41, 5.74) is 30.2. The van der Waals surface area contributed by atoms with E-state index in [2.05, 4.69) is 9.98 Å². The van der Waals surface area contributed by atoms with Gasteiger partial charge in [-0.3, -0.25) is 19.4 Å². The van der Waals surface area contributed by atoms with Crippen LogP contribution in [-0.4, -0.2) is 39.2 Å². The lowest BCUT2D eigenvalue weighted by Gasteiger charge is -2.36. The molecule has 10 N–H and O–H groups in total. The molecular weight excluding hydrogens is 556 g/mol. The number of nitrogen functional groups attached to an aromatic ring is 2. The first-order valence-electron chi connectivity index (χ1n) is 14.7. The minimum atomic E-state index is -0.948. The largest absolute Gasteiger partial charge is 0.505 e. The Morgan fingerprint density at radius 3 is 2.32 bits per heavy atom. The van der Waals surface area contributed by atoms with Crippen molar-refractivity contribution in [3.8, 4) is 5.75 Å². The number of rotatable bonds is 5. The maximum absolute atomic E-state index is 13.6. The molecule has 0 saturated heterocycles. The van der Waals surface area contributed by atoms with Crippen LogP contribution in [0.2, 0.25) is 0 Å². The van der Waals surface area contributed by atoms with Crippen molar-refractivity contribution >= 4 is 45.3 Å². The molecule has 0 amide bonds. The van der Waals surface area contributed by atoms with Crippen LogP contribution in [0.25, 0.3) is 10.9 Å². The molecule has 3 aromatic rings. The van der Waals surface area contributed by atoms with Crippen LogP contribution >= 0.6 is 0 Å². The first-order chi connectivity index (χ1) is 21.1. The molecule has 3 aliphatic carbocycles. The van der Waals surface area contributed by atoms with Gasteiger partial charge in [-0.05, 0) is 60.7 Å². The smallest absolute Gasteiger partial charge is 0.192 e. The molecule has 0 fully saturated rings. The normalized spacial score (nSPS) is 24.2. The van der Waals surface area contributed by atoms with Crippen LogP contribution in [-0.2, 0) is 11.2 Å². The van der Waals surface area contributed by atoms with Gasteiger partial charge in [0.15, 0.2) is 23.1 Å². The highest BCUT2D eigenvalue weighted by atomic mass is 16.3. The summed E-state index contributed by atoms with van der Waals surface area (Å²) in [5, 5.41) is 11.6. The van der Waals surface area contributed by atoms with E-state index in [1.165, 1.54) is 12.1 Å². The van der Waals surface area contributed by atoms with E-state index in [1.807, 2.05) is 37.3 Å². The highest BCUT2D eigenvalue weighted by Crippen LogP contribution is 2.44. The van der Waals surface area contributed by atoms with Crippen LogP contribution in [0.15, 0.2) is 82.2 Å². The molecule has 10 heteroatoms. The molecule has 4 atom stereocenters. The molecule has 10 nitrogen and oxygen atoms in total. The second-order valence-corrected chi connectivity index (χ2v) is 11.8. The number of ketones is 3.